The number of hydrogen-bond donors (Lipinski definition) is 0. The van der Waals surface area contributed by atoms with Crippen LogP contribution >= 0.6 is 22.9 Å². The molecule has 2 aromatic carbocycles. The molecule has 1 atom stereocenters. The highest BCUT2D eigenvalue weighted by Crippen LogP contribution is 2.42. The van der Waals surface area contributed by atoms with Gasteiger partial charge < -0.3 is 4.42 Å². The topological polar surface area (TPSA) is 76.3 Å². The summed E-state index contributed by atoms with van der Waals surface area (Å²) in [5.41, 5.74) is 1.20. The van der Waals surface area contributed by atoms with Crippen molar-refractivity contribution in [2.24, 2.45) is 0 Å². The number of halogens is 1. The maximum atomic E-state index is 13.3. The molecule has 0 radical (unpaired) electrons. The molecule has 1 amide bonds. The van der Waals surface area contributed by atoms with Crippen molar-refractivity contribution >= 4 is 44.9 Å². The van der Waals surface area contributed by atoms with Gasteiger partial charge in [-0.1, -0.05) is 47.2 Å². The highest BCUT2D eigenvalue weighted by Gasteiger charge is 2.45. The minimum Gasteiger partial charge on any atom is -0.450 e. The SMILES string of the molecule is Cc1nnc(N2C(=O)c3oc4ccccc4c(=O)c3[C@@H]2c2ccc(Cl)cc2)s1. The van der Waals surface area contributed by atoms with E-state index >= 15 is 0 Å². The van der Waals surface area contributed by atoms with Gasteiger partial charge in [0, 0.05) is 5.02 Å². The summed E-state index contributed by atoms with van der Waals surface area (Å²) in [6.45, 7) is 1.81. The van der Waals surface area contributed by atoms with Crippen molar-refractivity contribution < 1.29 is 9.21 Å². The molecule has 8 heteroatoms. The Balaban J connectivity index is 1.82. The van der Waals surface area contributed by atoms with E-state index in [4.69, 9.17) is 16.0 Å². The van der Waals surface area contributed by atoms with Crippen LogP contribution in [-0.2, 0) is 0 Å². The minimum atomic E-state index is -0.659. The molecule has 0 fully saturated rings. The van der Waals surface area contributed by atoms with E-state index in [0.29, 0.717) is 26.7 Å². The Hall–Kier alpha value is -3.03. The molecule has 0 saturated carbocycles. The number of para-hydroxylation sites is 1. The van der Waals surface area contributed by atoms with Crippen molar-refractivity contribution in [3.8, 4) is 0 Å². The molecule has 0 aliphatic carbocycles. The maximum Gasteiger partial charge on any atom is 0.297 e. The first-order chi connectivity index (χ1) is 13.5. The summed E-state index contributed by atoms with van der Waals surface area (Å²) in [6, 6.07) is 13.3. The van der Waals surface area contributed by atoms with Crippen LogP contribution in [0.4, 0.5) is 5.13 Å². The van der Waals surface area contributed by atoms with Gasteiger partial charge in [0.05, 0.1) is 17.0 Å². The lowest BCUT2D eigenvalue weighted by atomic mass is 9.99. The minimum absolute atomic E-state index is 0.0384. The first kappa shape index (κ1) is 17.1. The molecule has 0 spiro atoms. The van der Waals surface area contributed by atoms with E-state index in [0.717, 1.165) is 10.6 Å². The summed E-state index contributed by atoms with van der Waals surface area (Å²) in [5.74, 6) is -0.370. The Morgan fingerprint density at radius 1 is 1.07 bits per heavy atom. The molecule has 28 heavy (non-hydrogen) atoms. The van der Waals surface area contributed by atoms with Crippen LogP contribution in [0.1, 0.15) is 32.7 Å². The average molecular weight is 410 g/mol. The van der Waals surface area contributed by atoms with E-state index in [9.17, 15) is 9.59 Å². The van der Waals surface area contributed by atoms with Crippen molar-refractivity contribution in [3.05, 3.63) is 85.7 Å². The number of carbonyl (C=O) groups is 1. The lowest BCUT2D eigenvalue weighted by Gasteiger charge is -2.22. The summed E-state index contributed by atoms with van der Waals surface area (Å²) >= 11 is 7.32. The first-order valence-electron chi connectivity index (χ1n) is 8.49. The van der Waals surface area contributed by atoms with E-state index < -0.39 is 11.9 Å². The van der Waals surface area contributed by atoms with Gasteiger partial charge in [0.1, 0.15) is 10.6 Å². The van der Waals surface area contributed by atoms with Gasteiger partial charge in [-0.3, -0.25) is 14.5 Å². The third kappa shape index (κ3) is 2.47. The Labute approximate surface area is 168 Å². The Morgan fingerprint density at radius 3 is 2.54 bits per heavy atom. The largest absolute Gasteiger partial charge is 0.450 e. The zero-order chi connectivity index (χ0) is 19.4. The fraction of sp³-hybridized carbons (Fsp3) is 0.100. The summed E-state index contributed by atoms with van der Waals surface area (Å²) in [4.78, 5) is 28.0. The number of hydrogen-bond acceptors (Lipinski definition) is 6. The van der Waals surface area contributed by atoms with Crippen molar-refractivity contribution in [1.29, 1.82) is 0 Å². The molecule has 2 aromatic heterocycles. The predicted octanol–water partition coefficient (Wildman–Crippen LogP) is 4.36. The number of nitrogens with zero attached hydrogens (tertiary/aromatic N) is 3. The van der Waals surface area contributed by atoms with Crippen LogP contribution in [-0.4, -0.2) is 16.1 Å². The second kappa shape index (κ2) is 6.25. The van der Waals surface area contributed by atoms with Gasteiger partial charge in [0.15, 0.2) is 5.43 Å². The monoisotopic (exact) mass is 409 g/mol. The standard InChI is InChI=1S/C20H12ClN3O3S/c1-10-22-23-20(28-10)24-16(11-6-8-12(21)9-7-11)15-17(25)13-4-2-3-5-14(13)27-18(15)19(24)26/h2-9,16H,1H3/t16-/m0/s1. The zero-order valence-corrected chi connectivity index (χ0v) is 16.1. The van der Waals surface area contributed by atoms with Crippen molar-refractivity contribution in [3.63, 3.8) is 0 Å². The summed E-state index contributed by atoms with van der Waals surface area (Å²) in [6.07, 6.45) is 0. The van der Waals surface area contributed by atoms with E-state index in [1.807, 2.05) is 6.92 Å². The fourth-order valence-electron chi connectivity index (χ4n) is 3.46. The summed E-state index contributed by atoms with van der Waals surface area (Å²) in [5, 5.41) is 10.3. The smallest absolute Gasteiger partial charge is 0.297 e. The van der Waals surface area contributed by atoms with Crippen LogP contribution in [0.5, 0.6) is 0 Å². The molecule has 138 valence electrons. The van der Waals surface area contributed by atoms with E-state index in [-0.39, 0.29) is 11.2 Å². The van der Waals surface area contributed by atoms with Crippen LogP contribution in [0.15, 0.2) is 57.7 Å². The quantitative estimate of drug-likeness (QED) is 0.491. The summed E-state index contributed by atoms with van der Waals surface area (Å²) in [7, 11) is 0. The molecule has 5 rings (SSSR count). The molecule has 0 N–H and O–H groups in total. The Bertz CT molecular complexity index is 1300. The van der Waals surface area contributed by atoms with Gasteiger partial charge in [-0.25, -0.2) is 0 Å². The van der Waals surface area contributed by atoms with Gasteiger partial charge in [-0.2, -0.15) is 0 Å². The second-order valence-electron chi connectivity index (χ2n) is 6.40. The second-order valence-corrected chi connectivity index (χ2v) is 8.00. The third-order valence-electron chi connectivity index (χ3n) is 4.68. The number of carbonyl (C=O) groups excluding carboxylic acids is 1. The van der Waals surface area contributed by atoms with Gasteiger partial charge in [-0.15, -0.1) is 10.2 Å². The highest BCUT2D eigenvalue weighted by atomic mass is 35.5. The number of benzene rings is 2. The van der Waals surface area contributed by atoms with Crippen LogP contribution in [0.3, 0.4) is 0 Å². The average Bonchev–Trinajstić information content (AvgIpc) is 3.24. The molecule has 4 aromatic rings. The Morgan fingerprint density at radius 2 is 1.82 bits per heavy atom. The van der Waals surface area contributed by atoms with Crippen molar-refractivity contribution in [1.82, 2.24) is 10.2 Å². The number of anilines is 1. The molecule has 0 bridgehead atoms. The van der Waals surface area contributed by atoms with Crippen LogP contribution in [0, 0.1) is 6.92 Å². The molecule has 6 nitrogen and oxygen atoms in total. The molecule has 0 saturated heterocycles. The molecular formula is C20H12ClN3O3S. The van der Waals surface area contributed by atoms with Crippen LogP contribution < -0.4 is 10.3 Å². The normalized spacial score (nSPS) is 16.0. The number of aromatic nitrogens is 2. The number of rotatable bonds is 2. The van der Waals surface area contributed by atoms with Gasteiger partial charge in [0.25, 0.3) is 5.91 Å². The van der Waals surface area contributed by atoms with Gasteiger partial charge >= 0.3 is 0 Å². The Kier molecular flexibility index (Phi) is 3.82. The van der Waals surface area contributed by atoms with Gasteiger partial charge in [-0.05, 0) is 36.8 Å². The van der Waals surface area contributed by atoms with E-state index in [1.165, 1.54) is 16.2 Å². The first-order valence-corrected chi connectivity index (χ1v) is 9.69. The molecule has 3 heterocycles. The fourth-order valence-corrected chi connectivity index (χ4v) is 4.30. The third-order valence-corrected chi connectivity index (χ3v) is 5.77. The molecule has 1 aliphatic heterocycles. The number of fused-ring (bicyclic) bond motifs is 2. The summed E-state index contributed by atoms with van der Waals surface area (Å²) < 4.78 is 5.87. The van der Waals surface area contributed by atoms with Crippen molar-refractivity contribution in [2.45, 2.75) is 13.0 Å². The molecule has 0 unspecified atom stereocenters. The van der Waals surface area contributed by atoms with Crippen LogP contribution in [0.25, 0.3) is 11.0 Å². The van der Waals surface area contributed by atoms with E-state index in [1.54, 1.807) is 48.5 Å². The maximum absolute atomic E-state index is 13.3. The van der Waals surface area contributed by atoms with Crippen LogP contribution in [0.2, 0.25) is 5.02 Å². The molecular weight excluding hydrogens is 398 g/mol. The van der Waals surface area contributed by atoms with Gasteiger partial charge in [0.2, 0.25) is 10.9 Å². The lowest BCUT2D eigenvalue weighted by Crippen LogP contribution is -2.29. The van der Waals surface area contributed by atoms with Crippen molar-refractivity contribution in [2.75, 3.05) is 4.90 Å². The lowest BCUT2D eigenvalue weighted by molar-refractivity contribution is 0.0970. The zero-order valence-electron chi connectivity index (χ0n) is 14.5. The number of amides is 1. The molecule has 1 aliphatic rings. The van der Waals surface area contributed by atoms with E-state index in [2.05, 4.69) is 10.2 Å². The predicted molar refractivity (Wildman–Crippen MR) is 107 cm³/mol. The highest BCUT2D eigenvalue weighted by molar-refractivity contribution is 7.15. The number of aryl methyl sites for hydroxylation is 1.